The Morgan fingerprint density at radius 3 is 0.765 bits per heavy atom. The van der Waals surface area contributed by atoms with E-state index in [1.807, 2.05) is 0 Å². The minimum absolute atomic E-state index is 0.0776. The van der Waals surface area contributed by atoms with Gasteiger partial charge in [-0.15, -0.1) is 0 Å². The molecule has 1 unspecified atom stereocenters. The highest BCUT2D eigenvalue weighted by Gasteiger charge is 2.19. The second-order valence-electron chi connectivity index (χ2n) is 22.7. The van der Waals surface area contributed by atoms with Gasteiger partial charge in [0.1, 0.15) is 13.2 Å². The van der Waals surface area contributed by atoms with E-state index in [2.05, 4.69) is 130 Å². The molecule has 0 aromatic rings. The van der Waals surface area contributed by atoms with Crippen LogP contribution in [0.2, 0.25) is 0 Å². The van der Waals surface area contributed by atoms with Gasteiger partial charge in [0.2, 0.25) is 0 Å². The van der Waals surface area contributed by atoms with Crippen molar-refractivity contribution in [1.82, 2.24) is 0 Å². The van der Waals surface area contributed by atoms with Crippen LogP contribution >= 0.6 is 0 Å². The Balaban J connectivity index is 4.15. The van der Waals surface area contributed by atoms with E-state index in [4.69, 9.17) is 14.2 Å². The molecule has 6 heteroatoms. The van der Waals surface area contributed by atoms with Gasteiger partial charge in [0.05, 0.1) is 0 Å². The highest BCUT2D eigenvalue weighted by molar-refractivity contribution is 5.71. The molecule has 0 aromatic heterocycles. The molecule has 0 radical (unpaired) electrons. The standard InChI is InChI=1S/C75H128O6/c1-4-7-10-13-16-19-22-24-26-28-30-31-32-33-34-35-36-37-38-39-40-41-42-43-44-45-46-48-49-51-53-56-59-62-65-68-74(77)80-71-72(70-79-73(76)67-64-61-58-55-21-18-15-12-9-6-3)81-75(78)69-66-63-60-57-54-52-50-47-29-27-25-23-20-17-14-11-8-5-2/h7,10,16,19-20,23-24,26-27,29-31,33-34,36-37,39-40,72H,4-6,8-9,11-15,17-18,21-22,25,28,32,35,38,41-71H2,1-3H3/b10-7-,19-16-,23-20-,26-24-,29-27-,31-30-,34-33-,37-36-,40-39-. The van der Waals surface area contributed by atoms with Gasteiger partial charge in [-0.2, -0.15) is 0 Å². The maximum Gasteiger partial charge on any atom is 0.306 e. The molecule has 464 valence electrons. The molecule has 0 bridgehead atoms. The van der Waals surface area contributed by atoms with Gasteiger partial charge in [0.15, 0.2) is 6.10 Å². The fourth-order valence-corrected chi connectivity index (χ4v) is 9.63. The van der Waals surface area contributed by atoms with E-state index in [-0.39, 0.29) is 31.1 Å². The van der Waals surface area contributed by atoms with E-state index in [9.17, 15) is 14.4 Å². The SMILES string of the molecule is CC/C=C\C/C=C\C/C=C\C/C=C\C/C=C\C/C=C\C/C=C\CCCCCCCCCCCCCCCC(=O)OCC(COC(=O)CCCCCCCCCCCC)OC(=O)CCCCCCCCC/C=C\C/C=C\CCCCCC. The molecule has 0 aliphatic rings. The predicted octanol–water partition coefficient (Wildman–Crippen LogP) is 23.8. The van der Waals surface area contributed by atoms with E-state index in [1.54, 1.807) is 0 Å². The van der Waals surface area contributed by atoms with Gasteiger partial charge in [-0.1, -0.05) is 310 Å². The highest BCUT2D eigenvalue weighted by Crippen LogP contribution is 2.17. The van der Waals surface area contributed by atoms with Crippen molar-refractivity contribution >= 4 is 17.9 Å². The molecule has 81 heavy (non-hydrogen) atoms. The first-order chi connectivity index (χ1) is 40.0. The van der Waals surface area contributed by atoms with Crippen LogP contribution in [0, 0.1) is 0 Å². The van der Waals surface area contributed by atoms with Crippen LogP contribution in [-0.2, 0) is 28.6 Å². The zero-order chi connectivity index (χ0) is 58.5. The molecule has 0 aliphatic heterocycles. The lowest BCUT2D eigenvalue weighted by atomic mass is 10.0. The molecule has 0 aromatic carbocycles. The Morgan fingerprint density at radius 2 is 0.481 bits per heavy atom. The Hall–Kier alpha value is -3.93. The van der Waals surface area contributed by atoms with Crippen LogP contribution in [0.25, 0.3) is 0 Å². The van der Waals surface area contributed by atoms with Gasteiger partial charge in [0.25, 0.3) is 0 Å². The van der Waals surface area contributed by atoms with Crippen LogP contribution in [0.1, 0.15) is 329 Å². The average molecular weight is 1130 g/mol. The third-order valence-electron chi connectivity index (χ3n) is 14.8. The van der Waals surface area contributed by atoms with Crippen molar-refractivity contribution < 1.29 is 28.6 Å². The summed E-state index contributed by atoms with van der Waals surface area (Å²) in [7, 11) is 0. The molecule has 0 amide bonds. The van der Waals surface area contributed by atoms with Crippen molar-refractivity contribution in [2.75, 3.05) is 13.2 Å². The average Bonchev–Trinajstić information content (AvgIpc) is 3.47. The monoisotopic (exact) mass is 1120 g/mol. The summed E-state index contributed by atoms with van der Waals surface area (Å²) in [6, 6.07) is 0. The van der Waals surface area contributed by atoms with Crippen LogP contribution in [0.4, 0.5) is 0 Å². The summed E-state index contributed by atoms with van der Waals surface area (Å²) < 4.78 is 16.9. The van der Waals surface area contributed by atoms with E-state index < -0.39 is 6.10 Å². The quantitative estimate of drug-likeness (QED) is 0.0261. The molecule has 1 atom stereocenters. The topological polar surface area (TPSA) is 78.9 Å². The first-order valence-corrected chi connectivity index (χ1v) is 34.4. The number of carbonyl (C=O) groups is 3. The van der Waals surface area contributed by atoms with Crippen LogP contribution in [0.15, 0.2) is 109 Å². The Kier molecular flexibility index (Phi) is 65.2. The molecular weight excluding hydrogens is 997 g/mol. The number of esters is 3. The third kappa shape index (κ3) is 66.8. The molecule has 0 spiro atoms. The number of ether oxygens (including phenoxy) is 3. The Labute approximate surface area is 501 Å². The van der Waals surface area contributed by atoms with Gasteiger partial charge in [-0.05, 0) is 109 Å². The summed E-state index contributed by atoms with van der Waals surface area (Å²) >= 11 is 0. The zero-order valence-electron chi connectivity index (χ0n) is 53.3. The molecule has 0 fully saturated rings. The van der Waals surface area contributed by atoms with Crippen molar-refractivity contribution in [3.8, 4) is 0 Å². The Bertz CT molecular complexity index is 1620. The first-order valence-electron chi connectivity index (χ1n) is 34.4. The van der Waals surface area contributed by atoms with Crippen LogP contribution < -0.4 is 0 Å². The first kappa shape index (κ1) is 77.1. The summed E-state index contributed by atoms with van der Waals surface area (Å²) in [4.78, 5) is 38.3. The van der Waals surface area contributed by atoms with Gasteiger partial charge in [-0.25, -0.2) is 0 Å². The maximum atomic E-state index is 12.9. The number of hydrogen-bond donors (Lipinski definition) is 0. The number of allylic oxidation sites excluding steroid dienone is 18. The van der Waals surface area contributed by atoms with Gasteiger partial charge in [-0.3, -0.25) is 14.4 Å². The fraction of sp³-hybridized carbons (Fsp3) is 0.720. The summed E-state index contributed by atoms with van der Waals surface area (Å²) in [5, 5.41) is 0. The lowest BCUT2D eigenvalue weighted by Gasteiger charge is -2.18. The van der Waals surface area contributed by atoms with Crippen LogP contribution in [0.5, 0.6) is 0 Å². The van der Waals surface area contributed by atoms with Crippen molar-refractivity contribution in [2.45, 2.75) is 335 Å². The van der Waals surface area contributed by atoms with Crippen molar-refractivity contribution in [3.63, 3.8) is 0 Å². The molecule has 0 saturated heterocycles. The largest absolute Gasteiger partial charge is 0.462 e. The second kappa shape index (κ2) is 68.6. The Morgan fingerprint density at radius 1 is 0.259 bits per heavy atom. The minimum Gasteiger partial charge on any atom is -0.462 e. The molecule has 0 N–H and O–H groups in total. The fourth-order valence-electron chi connectivity index (χ4n) is 9.63. The molecular formula is C75H128O6. The number of carbonyl (C=O) groups excluding carboxylic acids is 3. The van der Waals surface area contributed by atoms with E-state index in [0.29, 0.717) is 19.3 Å². The number of unbranched alkanes of at least 4 members (excludes halogenated alkanes) is 33. The van der Waals surface area contributed by atoms with Crippen molar-refractivity contribution in [2.24, 2.45) is 0 Å². The zero-order valence-corrected chi connectivity index (χ0v) is 53.3. The minimum atomic E-state index is -0.781. The summed E-state index contributed by atoms with van der Waals surface area (Å²) in [5.41, 5.74) is 0. The predicted molar refractivity (Wildman–Crippen MR) is 353 cm³/mol. The lowest BCUT2D eigenvalue weighted by Crippen LogP contribution is -2.30. The van der Waals surface area contributed by atoms with E-state index in [0.717, 1.165) is 116 Å². The molecule has 0 saturated carbocycles. The normalized spacial score (nSPS) is 12.8. The highest BCUT2D eigenvalue weighted by atomic mass is 16.6. The van der Waals surface area contributed by atoms with Gasteiger partial charge < -0.3 is 14.2 Å². The smallest absolute Gasteiger partial charge is 0.306 e. The van der Waals surface area contributed by atoms with E-state index in [1.165, 1.54) is 173 Å². The summed E-state index contributed by atoms with van der Waals surface area (Å²) in [6.45, 7) is 6.52. The van der Waals surface area contributed by atoms with Crippen LogP contribution in [0.3, 0.4) is 0 Å². The van der Waals surface area contributed by atoms with Gasteiger partial charge in [0, 0.05) is 19.3 Å². The molecule has 0 rings (SSSR count). The summed E-state index contributed by atoms with van der Waals surface area (Å²) in [6.07, 6.45) is 94.0. The second-order valence-corrected chi connectivity index (χ2v) is 22.7. The van der Waals surface area contributed by atoms with E-state index >= 15 is 0 Å². The molecule has 6 nitrogen and oxygen atoms in total. The van der Waals surface area contributed by atoms with Crippen molar-refractivity contribution in [3.05, 3.63) is 109 Å². The molecule has 0 aliphatic carbocycles. The van der Waals surface area contributed by atoms with Gasteiger partial charge >= 0.3 is 17.9 Å². The maximum absolute atomic E-state index is 12.9. The molecule has 0 heterocycles. The van der Waals surface area contributed by atoms with Crippen LogP contribution in [-0.4, -0.2) is 37.2 Å². The third-order valence-corrected chi connectivity index (χ3v) is 14.8. The summed E-state index contributed by atoms with van der Waals surface area (Å²) in [5.74, 6) is -0.877. The lowest BCUT2D eigenvalue weighted by molar-refractivity contribution is -0.167. The number of hydrogen-bond acceptors (Lipinski definition) is 6. The number of rotatable bonds is 62. The van der Waals surface area contributed by atoms with Crippen molar-refractivity contribution in [1.29, 1.82) is 0 Å².